The zero-order chi connectivity index (χ0) is 24.0. The summed E-state index contributed by atoms with van der Waals surface area (Å²) in [4.78, 5) is 27.8. The Morgan fingerprint density at radius 2 is 1.79 bits per heavy atom. The Hall–Kier alpha value is -1.47. The summed E-state index contributed by atoms with van der Waals surface area (Å²) in [6.45, 7) is 1.53. The predicted molar refractivity (Wildman–Crippen MR) is 136 cm³/mol. The number of carbonyl (C=O) groups excluding carboxylic acids is 2. The lowest BCUT2D eigenvalue weighted by molar-refractivity contribution is -0.142. The van der Waals surface area contributed by atoms with Gasteiger partial charge in [-0.05, 0) is 66.0 Å². The molecule has 33 heavy (non-hydrogen) atoms. The first-order valence-corrected chi connectivity index (χ1v) is 12.8. The van der Waals surface area contributed by atoms with Crippen molar-refractivity contribution in [1.29, 1.82) is 0 Å². The number of carbonyl (C=O) groups is 2. The number of ether oxygens (including phenoxy) is 1. The van der Waals surface area contributed by atoms with Crippen LogP contribution in [0, 0.1) is 0 Å². The molecule has 0 aromatic heterocycles. The van der Waals surface area contributed by atoms with Crippen molar-refractivity contribution in [3.8, 4) is 5.75 Å². The van der Waals surface area contributed by atoms with Crippen LogP contribution in [0.1, 0.15) is 44.6 Å². The summed E-state index contributed by atoms with van der Waals surface area (Å²) < 4.78 is 6.35. The molecule has 0 bridgehead atoms. The Balaban J connectivity index is 1.77. The van der Waals surface area contributed by atoms with Crippen molar-refractivity contribution in [2.75, 3.05) is 6.61 Å². The third kappa shape index (κ3) is 7.25. The van der Waals surface area contributed by atoms with E-state index in [4.69, 9.17) is 39.5 Å². The van der Waals surface area contributed by atoms with Crippen LogP contribution in [0.4, 0.5) is 0 Å². The van der Waals surface area contributed by atoms with E-state index in [1.807, 2.05) is 0 Å². The summed E-state index contributed by atoms with van der Waals surface area (Å²) in [6.07, 6.45) is 5.30. The van der Waals surface area contributed by atoms with E-state index in [9.17, 15) is 9.59 Å². The van der Waals surface area contributed by atoms with Crippen molar-refractivity contribution in [2.45, 2.75) is 57.7 Å². The summed E-state index contributed by atoms with van der Waals surface area (Å²) in [5.74, 6) is -0.0898. The molecule has 2 amide bonds. The summed E-state index contributed by atoms with van der Waals surface area (Å²) in [5.41, 5.74) is 0.583. The SMILES string of the molecule is C[C@H](C(=O)NC1CCCCC1)N(Cc1c(Cl)cccc1Cl)C(=O)COc1ccc(Cl)cc1Br. The van der Waals surface area contributed by atoms with Crippen molar-refractivity contribution >= 4 is 62.5 Å². The van der Waals surface area contributed by atoms with Crippen LogP contribution in [0.3, 0.4) is 0 Å². The van der Waals surface area contributed by atoms with Gasteiger partial charge in [-0.1, -0.05) is 60.1 Å². The van der Waals surface area contributed by atoms with Crippen molar-refractivity contribution < 1.29 is 14.3 Å². The molecule has 0 saturated heterocycles. The maximum Gasteiger partial charge on any atom is 0.261 e. The van der Waals surface area contributed by atoms with Crippen LogP contribution < -0.4 is 10.1 Å². The van der Waals surface area contributed by atoms with E-state index in [-0.39, 0.29) is 31.0 Å². The second-order valence-electron chi connectivity index (χ2n) is 8.10. The minimum Gasteiger partial charge on any atom is -0.483 e. The maximum absolute atomic E-state index is 13.3. The number of hydrogen-bond donors (Lipinski definition) is 1. The fourth-order valence-corrected chi connectivity index (χ4v) is 5.13. The normalized spacial score (nSPS) is 15.1. The van der Waals surface area contributed by atoms with Gasteiger partial charge in [-0.15, -0.1) is 0 Å². The van der Waals surface area contributed by atoms with Gasteiger partial charge in [0.05, 0.1) is 4.47 Å². The highest BCUT2D eigenvalue weighted by Gasteiger charge is 2.29. The summed E-state index contributed by atoms with van der Waals surface area (Å²) in [7, 11) is 0. The Morgan fingerprint density at radius 1 is 1.12 bits per heavy atom. The van der Waals surface area contributed by atoms with Crippen LogP contribution in [-0.4, -0.2) is 35.4 Å². The highest BCUT2D eigenvalue weighted by molar-refractivity contribution is 9.10. The largest absolute Gasteiger partial charge is 0.483 e. The molecule has 1 saturated carbocycles. The lowest BCUT2D eigenvalue weighted by atomic mass is 9.95. The average molecular weight is 577 g/mol. The van der Waals surface area contributed by atoms with Gasteiger partial charge in [-0.2, -0.15) is 0 Å². The van der Waals surface area contributed by atoms with Crippen molar-refractivity contribution in [1.82, 2.24) is 10.2 Å². The molecule has 9 heteroatoms. The third-order valence-electron chi connectivity index (χ3n) is 5.75. The van der Waals surface area contributed by atoms with Crippen LogP contribution in [0.2, 0.25) is 15.1 Å². The number of benzene rings is 2. The molecule has 1 aliphatic carbocycles. The van der Waals surface area contributed by atoms with Crippen LogP contribution >= 0.6 is 50.7 Å². The predicted octanol–water partition coefficient (Wildman–Crippen LogP) is 6.65. The molecule has 1 fully saturated rings. The number of rotatable bonds is 8. The Morgan fingerprint density at radius 3 is 2.42 bits per heavy atom. The molecule has 0 spiro atoms. The summed E-state index contributed by atoms with van der Waals surface area (Å²) >= 11 is 22.1. The third-order valence-corrected chi connectivity index (χ3v) is 7.32. The average Bonchev–Trinajstić information content (AvgIpc) is 2.78. The van der Waals surface area contributed by atoms with E-state index in [0.717, 1.165) is 25.7 Å². The summed E-state index contributed by atoms with van der Waals surface area (Å²) in [6, 6.07) is 9.59. The number of amides is 2. The first kappa shape index (κ1) is 26.1. The monoisotopic (exact) mass is 574 g/mol. The first-order valence-electron chi connectivity index (χ1n) is 10.9. The standard InChI is InChI=1S/C24H26BrCl3N2O3/c1-15(24(32)29-17-6-3-2-4-7-17)30(13-18-20(27)8-5-9-21(18)28)23(31)14-33-22-11-10-16(26)12-19(22)25/h5,8-12,15,17H,2-4,6-7,13-14H2,1H3,(H,29,32)/t15-/m1/s1. The number of nitrogens with one attached hydrogen (secondary N) is 1. The van der Waals surface area contributed by atoms with Gasteiger partial charge in [0.15, 0.2) is 6.61 Å². The fraction of sp³-hybridized carbons (Fsp3) is 0.417. The van der Waals surface area contributed by atoms with Gasteiger partial charge in [0.25, 0.3) is 5.91 Å². The summed E-state index contributed by atoms with van der Waals surface area (Å²) in [5, 5.41) is 4.51. The van der Waals surface area contributed by atoms with Gasteiger partial charge in [0.1, 0.15) is 11.8 Å². The second-order valence-corrected chi connectivity index (χ2v) is 10.2. The Labute approximate surface area is 217 Å². The molecule has 0 radical (unpaired) electrons. The van der Waals surface area contributed by atoms with E-state index < -0.39 is 6.04 Å². The first-order chi connectivity index (χ1) is 15.8. The van der Waals surface area contributed by atoms with Crippen LogP contribution in [-0.2, 0) is 16.1 Å². The van der Waals surface area contributed by atoms with Crippen LogP contribution in [0.25, 0.3) is 0 Å². The molecule has 2 aromatic carbocycles. The van der Waals surface area contributed by atoms with Gasteiger partial charge in [-0.25, -0.2) is 0 Å². The molecule has 0 heterocycles. The van der Waals surface area contributed by atoms with Crippen molar-refractivity contribution in [3.05, 3.63) is 61.5 Å². The topological polar surface area (TPSA) is 58.6 Å². The molecule has 1 N–H and O–H groups in total. The van der Waals surface area contributed by atoms with E-state index in [1.54, 1.807) is 43.3 Å². The lowest BCUT2D eigenvalue weighted by Gasteiger charge is -2.31. The van der Waals surface area contributed by atoms with Gasteiger partial charge >= 0.3 is 0 Å². The minimum atomic E-state index is -0.732. The molecule has 1 aliphatic rings. The molecule has 2 aromatic rings. The highest BCUT2D eigenvalue weighted by atomic mass is 79.9. The maximum atomic E-state index is 13.3. The van der Waals surface area contributed by atoms with Crippen LogP contribution in [0.15, 0.2) is 40.9 Å². The molecular formula is C24H26BrCl3N2O3. The van der Waals surface area contributed by atoms with Crippen molar-refractivity contribution in [3.63, 3.8) is 0 Å². The van der Waals surface area contributed by atoms with Gasteiger partial charge < -0.3 is 15.0 Å². The van der Waals surface area contributed by atoms with E-state index in [2.05, 4.69) is 21.2 Å². The minimum absolute atomic E-state index is 0.0851. The molecule has 0 aliphatic heterocycles. The highest BCUT2D eigenvalue weighted by Crippen LogP contribution is 2.29. The van der Waals surface area contributed by atoms with E-state index in [1.165, 1.54) is 11.3 Å². The Bertz CT molecular complexity index is 979. The zero-order valence-electron chi connectivity index (χ0n) is 18.3. The molecule has 178 valence electrons. The van der Waals surface area contributed by atoms with E-state index in [0.29, 0.717) is 30.9 Å². The van der Waals surface area contributed by atoms with Gasteiger partial charge in [0, 0.05) is 33.2 Å². The zero-order valence-corrected chi connectivity index (χ0v) is 22.1. The fourth-order valence-electron chi connectivity index (χ4n) is 3.82. The van der Waals surface area contributed by atoms with E-state index >= 15 is 0 Å². The van der Waals surface area contributed by atoms with Crippen LogP contribution in [0.5, 0.6) is 5.75 Å². The number of hydrogen-bond acceptors (Lipinski definition) is 3. The second kappa shape index (κ2) is 12.3. The lowest BCUT2D eigenvalue weighted by Crippen LogP contribution is -2.51. The number of halogens is 4. The molecule has 1 atom stereocenters. The smallest absolute Gasteiger partial charge is 0.261 e. The molecule has 3 rings (SSSR count). The molecule has 5 nitrogen and oxygen atoms in total. The van der Waals surface area contributed by atoms with Crippen molar-refractivity contribution in [2.24, 2.45) is 0 Å². The molecule has 0 unspecified atom stereocenters. The van der Waals surface area contributed by atoms with Gasteiger partial charge in [0.2, 0.25) is 5.91 Å². The number of nitrogens with zero attached hydrogens (tertiary/aromatic N) is 1. The molecular weight excluding hydrogens is 551 g/mol. The van der Waals surface area contributed by atoms with Gasteiger partial charge in [-0.3, -0.25) is 9.59 Å². The Kier molecular flexibility index (Phi) is 9.74. The quantitative estimate of drug-likeness (QED) is 0.383.